The van der Waals surface area contributed by atoms with Crippen LogP contribution in [0.3, 0.4) is 0 Å². The molecule has 0 spiro atoms. The number of rotatable bonds is 9. The molecular formula is C26H40O2Si2. The third-order valence-corrected chi connectivity index (χ3v) is 13.9. The second kappa shape index (κ2) is 8.74. The molecule has 2 aromatic rings. The van der Waals surface area contributed by atoms with Crippen molar-refractivity contribution in [1.82, 2.24) is 0 Å². The highest BCUT2D eigenvalue weighted by molar-refractivity contribution is 6.99. The molecule has 2 nitrogen and oxygen atoms in total. The summed E-state index contributed by atoms with van der Waals surface area (Å²) >= 11 is 0. The van der Waals surface area contributed by atoms with Crippen molar-refractivity contribution in [3.8, 4) is 0 Å². The predicted octanol–water partition coefficient (Wildman–Crippen LogP) is 5.77. The molecule has 164 valence electrons. The molecule has 1 aliphatic rings. The molecule has 2 aromatic carbocycles. The quantitative estimate of drug-likeness (QED) is 0.280. The average Bonchev–Trinajstić information content (AvgIpc) is 3.44. The van der Waals surface area contributed by atoms with Crippen LogP contribution < -0.4 is 10.4 Å². The van der Waals surface area contributed by atoms with Crippen LogP contribution in [0.15, 0.2) is 60.7 Å². The first-order valence-electron chi connectivity index (χ1n) is 11.5. The number of hydrogen-bond acceptors (Lipinski definition) is 2. The lowest BCUT2D eigenvalue weighted by Gasteiger charge is -2.43. The van der Waals surface area contributed by atoms with Crippen LogP contribution in [0.1, 0.15) is 47.0 Å². The number of ether oxygens (including phenoxy) is 1. The van der Waals surface area contributed by atoms with Crippen molar-refractivity contribution in [3.63, 3.8) is 0 Å². The maximum absolute atomic E-state index is 7.05. The van der Waals surface area contributed by atoms with Crippen LogP contribution in [0.2, 0.25) is 24.7 Å². The Kier molecular flexibility index (Phi) is 6.83. The van der Waals surface area contributed by atoms with Gasteiger partial charge in [0, 0.05) is 6.61 Å². The van der Waals surface area contributed by atoms with Crippen LogP contribution >= 0.6 is 0 Å². The Bertz CT molecular complexity index is 769. The molecule has 4 heteroatoms. The number of hydrogen-bond donors (Lipinski definition) is 0. The van der Waals surface area contributed by atoms with Gasteiger partial charge in [0.25, 0.3) is 8.32 Å². The van der Waals surface area contributed by atoms with Gasteiger partial charge < -0.3 is 9.16 Å². The zero-order chi connectivity index (χ0) is 22.0. The Morgan fingerprint density at radius 2 is 1.40 bits per heavy atom. The van der Waals surface area contributed by atoms with Crippen molar-refractivity contribution in [2.24, 2.45) is 0 Å². The van der Waals surface area contributed by atoms with Gasteiger partial charge >= 0.3 is 0 Å². The molecule has 30 heavy (non-hydrogen) atoms. The Balaban J connectivity index is 1.83. The first-order chi connectivity index (χ1) is 14.1. The molecule has 0 radical (unpaired) electrons. The highest BCUT2D eigenvalue weighted by Gasteiger charge is 2.60. The minimum atomic E-state index is -2.42. The molecule has 0 aromatic heterocycles. The summed E-state index contributed by atoms with van der Waals surface area (Å²) in [6.45, 7) is 17.4. The first kappa shape index (κ1) is 23.5. The molecular weight excluding hydrogens is 400 g/mol. The van der Waals surface area contributed by atoms with Crippen molar-refractivity contribution in [2.45, 2.75) is 83.0 Å². The van der Waals surface area contributed by atoms with E-state index in [0.29, 0.717) is 5.73 Å². The molecule has 0 N–H and O–H groups in total. The van der Waals surface area contributed by atoms with Gasteiger partial charge in [-0.3, -0.25) is 0 Å². The van der Waals surface area contributed by atoms with Gasteiger partial charge in [-0.25, -0.2) is 0 Å². The summed E-state index contributed by atoms with van der Waals surface area (Å²) in [5.41, 5.74) is 0.613. The largest absolute Gasteiger partial charge is 0.407 e. The van der Waals surface area contributed by atoms with E-state index in [0.717, 1.165) is 25.9 Å². The summed E-state index contributed by atoms with van der Waals surface area (Å²) in [5.74, 6) is 0. The third-order valence-electron chi connectivity index (χ3n) is 6.64. The molecule has 0 amide bonds. The van der Waals surface area contributed by atoms with Gasteiger partial charge in [0.1, 0.15) is 0 Å². The van der Waals surface area contributed by atoms with Gasteiger partial charge in [0.05, 0.1) is 19.4 Å². The Morgan fingerprint density at radius 3 is 1.77 bits per heavy atom. The van der Waals surface area contributed by atoms with Crippen LogP contribution in [0.25, 0.3) is 0 Å². The lowest BCUT2D eigenvalue weighted by atomic mass is 10.0. The fourth-order valence-electron chi connectivity index (χ4n) is 5.16. The minimum Gasteiger partial charge on any atom is -0.407 e. The molecule has 1 aliphatic heterocycles. The Hall–Kier alpha value is -1.21. The molecule has 0 saturated carbocycles. The van der Waals surface area contributed by atoms with Gasteiger partial charge in [-0.2, -0.15) is 0 Å². The smallest absolute Gasteiger partial charge is 0.261 e. The summed E-state index contributed by atoms with van der Waals surface area (Å²) in [7, 11) is -3.69. The van der Waals surface area contributed by atoms with Crippen molar-refractivity contribution >= 4 is 26.8 Å². The van der Waals surface area contributed by atoms with Gasteiger partial charge in [-0.05, 0) is 34.7 Å². The van der Waals surface area contributed by atoms with E-state index in [1.54, 1.807) is 0 Å². The monoisotopic (exact) mass is 440 g/mol. The summed E-state index contributed by atoms with van der Waals surface area (Å²) in [6, 6.07) is 21.9. The van der Waals surface area contributed by atoms with Crippen LogP contribution in [-0.4, -0.2) is 34.3 Å². The minimum absolute atomic E-state index is 0.0368. The molecule has 1 fully saturated rings. The molecule has 0 unspecified atom stereocenters. The van der Waals surface area contributed by atoms with Crippen LogP contribution in [0, 0.1) is 0 Å². The van der Waals surface area contributed by atoms with Crippen molar-refractivity contribution < 1.29 is 9.16 Å². The second-order valence-electron chi connectivity index (χ2n) is 10.9. The van der Waals surface area contributed by atoms with Crippen molar-refractivity contribution in [1.29, 1.82) is 0 Å². The van der Waals surface area contributed by atoms with Gasteiger partial charge in [-0.1, -0.05) is 108 Å². The molecule has 2 atom stereocenters. The Labute approximate surface area is 186 Å². The van der Waals surface area contributed by atoms with Crippen LogP contribution in [0.5, 0.6) is 0 Å². The summed E-state index contributed by atoms with van der Waals surface area (Å²) in [5, 5.41) is 2.75. The van der Waals surface area contributed by atoms with Crippen LogP contribution in [-0.2, 0) is 9.16 Å². The zero-order valence-electron chi connectivity index (χ0n) is 20.0. The van der Waals surface area contributed by atoms with Gasteiger partial charge in [-0.15, -0.1) is 0 Å². The van der Waals surface area contributed by atoms with E-state index in [1.807, 2.05) is 0 Å². The predicted molar refractivity (Wildman–Crippen MR) is 134 cm³/mol. The normalized spacial score (nSPS) is 22.2. The standard InChI is InChI=1S/C26H40O2Si2/c1-8-26(24(28-26)29(5,6)7)20-15-21-27-30(25(2,3)4,22-16-11-9-12-17-22)23-18-13-10-14-19-23/h9-14,16-19,24H,8,15,20-21H2,1-7H3/t24-,26-/m1/s1. The lowest BCUT2D eigenvalue weighted by Crippen LogP contribution is -2.66. The lowest BCUT2D eigenvalue weighted by molar-refractivity contribution is 0.237. The second-order valence-corrected chi connectivity index (χ2v) is 20.5. The SMILES string of the molecule is CC[C@]1(CCCO[Si](c2ccccc2)(c2ccccc2)C(C)(C)C)O[C@@H]1[Si](C)(C)C. The highest BCUT2D eigenvalue weighted by Crippen LogP contribution is 2.48. The van der Waals surface area contributed by atoms with Crippen molar-refractivity contribution in [3.05, 3.63) is 60.7 Å². The van der Waals surface area contributed by atoms with Gasteiger partial charge in [0.15, 0.2) is 0 Å². The summed E-state index contributed by atoms with van der Waals surface area (Å²) in [6.07, 6.45) is 3.27. The van der Waals surface area contributed by atoms with E-state index >= 15 is 0 Å². The Morgan fingerprint density at radius 1 is 0.900 bits per heavy atom. The van der Waals surface area contributed by atoms with E-state index in [-0.39, 0.29) is 10.6 Å². The third kappa shape index (κ3) is 4.52. The fourth-order valence-corrected chi connectivity index (χ4v) is 12.3. The topological polar surface area (TPSA) is 21.8 Å². The van der Waals surface area contributed by atoms with Gasteiger partial charge in [0.2, 0.25) is 0 Å². The van der Waals surface area contributed by atoms with Crippen LogP contribution in [0.4, 0.5) is 0 Å². The maximum Gasteiger partial charge on any atom is 0.261 e. The first-order valence-corrected chi connectivity index (χ1v) is 17.0. The molecule has 0 aliphatic carbocycles. The maximum atomic E-state index is 7.05. The highest BCUT2D eigenvalue weighted by atomic mass is 28.4. The molecule has 1 saturated heterocycles. The summed E-state index contributed by atoms with van der Waals surface area (Å²) < 4.78 is 13.4. The molecule has 0 bridgehead atoms. The van der Waals surface area contributed by atoms with E-state index in [1.165, 1.54) is 10.4 Å². The van der Waals surface area contributed by atoms with Crippen molar-refractivity contribution in [2.75, 3.05) is 6.61 Å². The zero-order valence-corrected chi connectivity index (χ0v) is 22.0. The number of epoxide rings is 1. The van der Waals surface area contributed by atoms with E-state index in [2.05, 4.69) is 108 Å². The van der Waals surface area contributed by atoms with E-state index in [4.69, 9.17) is 9.16 Å². The van der Waals surface area contributed by atoms with E-state index in [9.17, 15) is 0 Å². The average molecular weight is 441 g/mol. The fraction of sp³-hybridized carbons (Fsp3) is 0.538. The van der Waals surface area contributed by atoms with E-state index < -0.39 is 16.4 Å². The molecule has 1 heterocycles. The summed E-state index contributed by atoms with van der Waals surface area (Å²) in [4.78, 5) is 0. The number of benzene rings is 2. The molecule has 3 rings (SSSR count).